The molecule has 0 N–H and O–H groups in total. The molecule has 0 bridgehead atoms. The van der Waals surface area contributed by atoms with Crippen molar-refractivity contribution in [1.82, 2.24) is 19.5 Å². The van der Waals surface area contributed by atoms with Crippen molar-refractivity contribution in [3.05, 3.63) is 194 Å². The van der Waals surface area contributed by atoms with Crippen LogP contribution in [-0.4, -0.2) is 19.5 Å². The summed E-state index contributed by atoms with van der Waals surface area (Å²) in [4.78, 5) is 15.9. The summed E-state index contributed by atoms with van der Waals surface area (Å²) in [6.07, 6.45) is 0. The zero-order valence-electron chi connectivity index (χ0n) is 31.2. The van der Waals surface area contributed by atoms with Crippen LogP contribution in [0.25, 0.3) is 116 Å². The van der Waals surface area contributed by atoms with E-state index in [0.717, 1.165) is 88.6 Å². The molecule has 4 aromatic heterocycles. The number of pyridine rings is 1. The zero-order valence-corrected chi connectivity index (χ0v) is 31.2. The third kappa shape index (κ3) is 5.00. The number of benzene rings is 8. The summed E-state index contributed by atoms with van der Waals surface area (Å²) in [5.74, 6) is 0.670. The molecule has 0 fully saturated rings. The van der Waals surface area contributed by atoms with Crippen LogP contribution in [0, 0.1) is 0 Å². The van der Waals surface area contributed by atoms with Crippen molar-refractivity contribution < 1.29 is 4.42 Å². The molecule has 0 aliphatic carbocycles. The Labute approximate surface area is 333 Å². The van der Waals surface area contributed by atoms with Gasteiger partial charge in [0.2, 0.25) is 0 Å². The molecular weight excluding hydrogens is 709 g/mol. The monoisotopic (exact) mass is 740 g/mol. The topological polar surface area (TPSA) is 56.7 Å². The molecule has 12 aromatic rings. The highest BCUT2D eigenvalue weighted by Gasteiger charge is 2.20. The van der Waals surface area contributed by atoms with Crippen molar-refractivity contribution in [3.8, 4) is 50.8 Å². The van der Waals surface area contributed by atoms with Crippen LogP contribution in [-0.2, 0) is 0 Å². The average Bonchev–Trinajstić information content (AvgIpc) is 3.85. The average molecular weight is 741 g/mol. The molecule has 8 aromatic carbocycles. The number of hydrogen-bond donors (Lipinski definition) is 0. The Hall–Kier alpha value is -7.89. The van der Waals surface area contributed by atoms with Gasteiger partial charge in [-0.2, -0.15) is 0 Å². The van der Waals surface area contributed by atoms with Crippen molar-refractivity contribution >= 4 is 65.4 Å². The van der Waals surface area contributed by atoms with Gasteiger partial charge in [-0.1, -0.05) is 140 Å². The lowest BCUT2D eigenvalue weighted by molar-refractivity contribution is 0.672. The fraction of sp³-hybridized carbons (Fsp3) is 0. The van der Waals surface area contributed by atoms with E-state index in [-0.39, 0.29) is 0 Å². The van der Waals surface area contributed by atoms with Crippen LogP contribution >= 0.6 is 0 Å². The van der Waals surface area contributed by atoms with Gasteiger partial charge in [-0.05, 0) is 65.4 Å². The Kier molecular flexibility index (Phi) is 7.16. The van der Waals surface area contributed by atoms with Crippen LogP contribution in [0.1, 0.15) is 0 Å². The van der Waals surface area contributed by atoms with Crippen LogP contribution in [0.2, 0.25) is 0 Å². The van der Waals surface area contributed by atoms with Gasteiger partial charge in [0.1, 0.15) is 11.1 Å². The summed E-state index contributed by atoms with van der Waals surface area (Å²) in [6, 6.07) is 67.8. The van der Waals surface area contributed by atoms with Crippen molar-refractivity contribution in [2.45, 2.75) is 0 Å². The lowest BCUT2D eigenvalue weighted by Gasteiger charge is -2.15. The van der Waals surface area contributed by atoms with Crippen molar-refractivity contribution in [1.29, 1.82) is 0 Å². The van der Waals surface area contributed by atoms with Crippen LogP contribution in [0.5, 0.6) is 0 Å². The summed E-state index contributed by atoms with van der Waals surface area (Å²) < 4.78 is 8.73. The molecule has 4 heterocycles. The number of hydrogen-bond acceptors (Lipinski definition) is 4. The highest BCUT2D eigenvalue weighted by atomic mass is 16.3. The minimum Gasteiger partial charge on any atom is -0.454 e. The van der Waals surface area contributed by atoms with E-state index < -0.39 is 0 Å². The third-order valence-electron chi connectivity index (χ3n) is 11.4. The molecule has 5 nitrogen and oxygen atoms in total. The first kappa shape index (κ1) is 32.4. The summed E-state index contributed by atoms with van der Waals surface area (Å²) in [5, 5.41) is 7.77. The van der Waals surface area contributed by atoms with Gasteiger partial charge in [0.05, 0.1) is 28.1 Å². The van der Waals surface area contributed by atoms with Crippen molar-refractivity contribution in [3.63, 3.8) is 0 Å². The van der Waals surface area contributed by atoms with E-state index in [4.69, 9.17) is 19.4 Å². The lowest BCUT2D eigenvalue weighted by atomic mass is 9.93. The van der Waals surface area contributed by atoms with Crippen molar-refractivity contribution in [2.75, 3.05) is 0 Å². The predicted molar refractivity (Wildman–Crippen MR) is 238 cm³/mol. The second kappa shape index (κ2) is 12.8. The standard InChI is InChI=1S/C53H32N4O/c1-2-14-33(15-3-1)45-32-46(55-53(54-45)34-26-28-35(29-27-34)57-47-23-11-8-18-39(47)40-19-9-12-24-48(40)57)38-30-31-42(37-17-5-4-16-36(37)38)50-41-20-6-7-21-43(41)52-51(56-50)44-22-10-13-25-49(44)58-52/h1-32H. The molecule has 0 amide bonds. The molecule has 0 aliphatic heterocycles. The van der Waals surface area contributed by atoms with Crippen LogP contribution in [0.4, 0.5) is 0 Å². The Morgan fingerprint density at radius 2 is 0.931 bits per heavy atom. The zero-order chi connectivity index (χ0) is 38.2. The molecule has 0 saturated carbocycles. The first-order chi connectivity index (χ1) is 28.8. The number of rotatable bonds is 5. The molecule has 12 rings (SSSR count). The highest BCUT2D eigenvalue weighted by Crippen LogP contribution is 2.42. The van der Waals surface area contributed by atoms with Gasteiger partial charge < -0.3 is 8.98 Å². The fourth-order valence-electron chi connectivity index (χ4n) is 8.75. The largest absolute Gasteiger partial charge is 0.454 e. The maximum atomic E-state index is 6.40. The smallest absolute Gasteiger partial charge is 0.161 e. The van der Waals surface area contributed by atoms with Gasteiger partial charge in [0.15, 0.2) is 11.4 Å². The SMILES string of the molecule is c1ccc(-c2cc(-c3ccc(-c4nc5c6ccccc6oc5c5ccccc45)c4ccccc34)nc(-c3ccc(-n4c5ccccc5c5ccccc54)cc3)n2)cc1. The number of fused-ring (bicyclic) bond motifs is 9. The molecule has 0 unspecified atom stereocenters. The molecule has 5 heteroatoms. The van der Waals surface area contributed by atoms with E-state index in [1.807, 2.05) is 24.3 Å². The van der Waals surface area contributed by atoms with E-state index in [1.165, 1.54) is 21.8 Å². The lowest BCUT2D eigenvalue weighted by Crippen LogP contribution is -1.98. The molecule has 58 heavy (non-hydrogen) atoms. The Balaban J connectivity index is 1.03. The summed E-state index contributed by atoms with van der Waals surface area (Å²) in [5.41, 5.74) is 12.7. The Morgan fingerprint density at radius 3 is 1.66 bits per heavy atom. The number of nitrogens with zero attached hydrogens (tertiary/aromatic N) is 4. The second-order valence-corrected chi connectivity index (χ2v) is 14.7. The molecule has 0 spiro atoms. The molecule has 0 radical (unpaired) electrons. The van der Waals surface area contributed by atoms with Gasteiger partial charge in [-0.25, -0.2) is 15.0 Å². The minimum absolute atomic E-state index is 0.670. The van der Waals surface area contributed by atoms with Gasteiger partial charge >= 0.3 is 0 Å². The molecule has 0 aliphatic rings. The molecule has 270 valence electrons. The van der Waals surface area contributed by atoms with E-state index >= 15 is 0 Å². The first-order valence-electron chi connectivity index (χ1n) is 19.5. The highest BCUT2D eigenvalue weighted by molar-refractivity contribution is 6.18. The number of para-hydroxylation sites is 3. The molecule has 0 atom stereocenters. The maximum absolute atomic E-state index is 6.40. The van der Waals surface area contributed by atoms with Crippen LogP contribution in [0.3, 0.4) is 0 Å². The van der Waals surface area contributed by atoms with E-state index in [9.17, 15) is 0 Å². The quantitative estimate of drug-likeness (QED) is 0.176. The van der Waals surface area contributed by atoms with Crippen molar-refractivity contribution in [2.24, 2.45) is 0 Å². The molecule has 0 saturated heterocycles. The predicted octanol–water partition coefficient (Wildman–Crippen LogP) is 13.8. The Morgan fingerprint density at radius 1 is 0.379 bits per heavy atom. The van der Waals surface area contributed by atoms with Gasteiger partial charge in [0.25, 0.3) is 0 Å². The molecular formula is C53H32N4O. The van der Waals surface area contributed by atoms with E-state index in [2.05, 4.69) is 174 Å². The van der Waals surface area contributed by atoms with E-state index in [1.54, 1.807) is 0 Å². The van der Waals surface area contributed by atoms with Crippen LogP contribution in [0.15, 0.2) is 199 Å². The van der Waals surface area contributed by atoms with Gasteiger partial charge in [0, 0.05) is 54.9 Å². The summed E-state index contributed by atoms with van der Waals surface area (Å²) in [7, 11) is 0. The first-order valence-corrected chi connectivity index (χ1v) is 19.5. The third-order valence-corrected chi connectivity index (χ3v) is 11.4. The Bertz CT molecular complexity index is 3510. The maximum Gasteiger partial charge on any atom is 0.161 e. The summed E-state index contributed by atoms with van der Waals surface area (Å²) in [6.45, 7) is 0. The summed E-state index contributed by atoms with van der Waals surface area (Å²) >= 11 is 0. The number of furan rings is 1. The van der Waals surface area contributed by atoms with Gasteiger partial charge in [-0.15, -0.1) is 0 Å². The van der Waals surface area contributed by atoms with Crippen LogP contribution < -0.4 is 0 Å². The number of aromatic nitrogens is 4. The minimum atomic E-state index is 0.670. The fourth-order valence-corrected chi connectivity index (χ4v) is 8.75. The van der Waals surface area contributed by atoms with Gasteiger partial charge in [-0.3, -0.25) is 0 Å². The van der Waals surface area contributed by atoms with E-state index in [0.29, 0.717) is 5.82 Å². The second-order valence-electron chi connectivity index (χ2n) is 14.7. The normalized spacial score (nSPS) is 11.8.